The van der Waals surface area contributed by atoms with Crippen LogP contribution in [-0.2, 0) is 22.4 Å². The first-order valence-corrected chi connectivity index (χ1v) is 10.8. The van der Waals surface area contributed by atoms with Crippen molar-refractivity contribution < 1.29 is 14.4 Å². The molecule has 2 aliphatic rings. The number of amides is 2. The Morgan fingerprint density at radius 1 is 1.24 bits per heavy atom. The second-order valence-corrected chi connectivity index (χ2v) is 9.65. The van der Waals surface area contributed by atoms with Gasteiger partial charge < -0.3 is 10.2 Å². The lowest BCUT2D eigenvalue weighted by molar-refractivity contribution is -0.122. The lowest BCUT2D eigenvalue weighted by Crippen LogP contribution is -2.28. The molecule has 6 nitrogen and oxygen atoms in total. The molecule has 1 aromatic carbocycles. The fourth-order valence-electron chi connectivity index (χ4n) is 4.03. The van der Waals surface area contributed by atoms with Gasteiger partial charge in [-0.1, -0.05) is 44.2 Å². The maximum Gasteiger partial charge on any atom is 0.231 e. The highest BCUT2D eigenvalue weighted by molar-refractivity contribution is 7.17. The van der Waals surface area contributed by atoms with E-state index in [1.807, 2.05) is 24.3 Å². The molecule has 0 saturated carbocycles. The molecule has 0 bridgehead atoms. The molecule has 1 aromatic heterocycles. The number of hydrogen-bond donors (Lipinski definition) is 1. The van der Waals surface area contributed by atoms with Crippen molar-refractivity contribution in [3.05, 3.63) is 40.4 Å². The molecule has 2 amide bonds. The number of fused-ring (bicyclic) bond motifs is 1. The number of carbonyl (C=O) groups is 3. The predicted octanol–water partition coefficient (Wildman–Crippen LogP) is 3.85. The van der Waals surface area contributed by atoms with E-state index in [0.29, 0.717) is 23.0 Å². The van der Waals surface area contributed by atoms with Crippen LogP contribution in [0.5, 0.6) is 0 Å². The maximum absolute atomic E-state index is 12.8. The van der Waals surface area contributed by atoms with Crippen molar-refractivity contribution in [2.24, 2.45) is 11.3 Å². The summed E-state index contributed by atoms with van der Waals surface area (Å²) in [5.41, 5.74) is 2.69. The van der Waals surface area contributed by atoms with Gasteiger partial charge in [0.25, 0.3) is 0 Å². The number of ketones is 1. The molecule has 1 saturated heterocycles. The van der Waals surface area contributed by atoms with E-state index in [9.17, 15) is 14.4 Å². The van der Waals surface area contributed by atoms with Crippen LogP contribution in [0.3, 0.4) is 0 Å². The first-order valence-electron chi connectivity index (χ1n) is 9.99. The van der Waals surface area contributed by atoms with Gasteiger partial charge in [-0.25, -0.2) is 4.98 Å². The highest BCUT2D eigenvalue weighted by atomic mass is 32.1. The lowest BCUT2D eigenvalue weighted by atomic mass is 9.78. The van der Waals surface area contributed by atoms with Crippen molar-refractivity contribution in [1.29, 1.82) is 0 Å². The van der Waals surface area contributed by atoms with Crippen molar-refractivity contribution in [3.63, 3.8) is 0 Å². The summed E-state index contributed by atoms with van der Waals surface area (Å²) < 4.78 is 0. The topological polar surface area (TPSA) is 79.4 Å². The van der Waals surface area contributed by atoms with Gasteiger partial charge in [0.1, 0.15) is 0 Å². The molecule has 1 atom stereocenters. The summed E-state index contributed by atoms with van der Waals surface area (Å²) in [5.74, 6) is -0.609. The highest BCUT2D eigenvalue weighted by Crippen LogP contribution is 2.38. The molecule has 0 radical (unpaired) electrons. The third-order valence-corrected chi connectivity index (χ3v) is 6.67. The van der Waals surface area contributed by atoms with Gasteiger partial charge in [0.2, 0.25) is 11.8 Å². The first kappa shape index (κ1) is 19.8. The number of anilines is 2. The van der Waals surface area contributed by atoms with Gasteiger partial charge in [0.15, 0.2) is 10.9 Å². The summed E-state index contributed by atoms with van der Waals surface area (Å²) in [6.45, 7) is 6.54. The Hall–Kier alpha value is -2.54. The average molecular weight is 412 g/mol. The monoisotopic (exact) mass is 411 g/mol. The minimum absolute atomic E-state index is 0.0511. The second-order valence-electron chi connectivity index (χ2n) is 8.65. The zero-order valence-corrected chi connectivity index (χ0v) is 17.8. The molecule has 1 unspecified atom stereocenters. The smallest absolute Gasteiger partial charge is 0.231 e. The van der Waals surface area contributed by atoms with Crippen molar-refractivity contribution in [2.75, 3.05) is 16.8 Å². The Balaban J connectivity index is 1.44. The van der Waals surface area contributed by atoms with Crippen molar-refractivity contribution in [3.8, 4) is 0 Å². The van der Waals surface area contributed by atoms with E-state index in [0.717, 1.165) is 24.2 Å². The molecule has 1 fully saturated rings. The number of benzene rings is 1. The van der Waals surface area contributed by atoms with E-state index in [1.54, 1.807) is 4.90 Å². The third-order valence-electron chi connectivity index (χ3n) is 5.62. The van der Waals surface area contributed by atoms with E-state index in [-0.39, 0.29) is 29.4 Å². The van der Waals surface area contributed by atoms with Crippen LogP contribution in [0.25, 0.3) is 0 Å². The van der Waals surface area contributed by atoms with E-state index in [1.165, 1.54) is 16.9 Å². The summed E-state index contributed by atoms with van der Waals surface area (Å²) in [5, 5.41) is 3.29. The molecule has 29 heavy (non-hydrogen) atoms. The third kappa shape index (κ3) is 3.96. The van der Waals surface area contributed by atoms with Crippen LogP contribution in [0.1, 0.15) is 54.5 Å². The summed E-state index contributed by atoms with van der Waals surface area (Å²) in [6, 6.07) is 7.88. The number of nitrogens with zero attached hydrogens (tertiary/aromatic N) is 2. The number of carbonyl (C=O) groups excluding carboxylic acids is 3. The molecule has 0 spiro atoms. The van der Waals surface area contributed by atoms with Crippen molar-refractivity contribution in [2.45, 2.75) is 46.5 Å². The molecule has 152 valence electrons. The average Bonchev–Trinajstić information content (AvgIpc) is 3.24. The van der Waals surface area contributed by atoms with Gasteiger partial charge in [0.05, 0.1) is 16.5 Å². The second kappa shape index (κ2) is 7.37. The van der Waals surface area contributed by atoms with Crippen LogP contribution in [0.2, 0.25) is 0 Å². The lowest BCUT2D eigenvalue weighted by Gasteiger charge is -2.26. The Bertz CT molecular complexity index is 978. The van der Waals surface area contributed by atoms with Crippen molar-refractivity contribution in [1.82, 2.24) is 4.98 Å². The first-order chi connectivity index (χ1) is 13.8. The maximum atomic E-state index is 12.8. The van der Waals surface area contributed by atoms with Gasteiger partial charge in [0, 0.05) is 25.1 Å². The van der Waals surface area contributed by atoms with Crippen LogP contribution in [0.15, 0.2) is 24.3 Å². The number of aryl methyl sites for hydroxylation is 1. The Morgan fingerprint density at radius 2 is 1.97 bits per heavy atom. The number of hydrogen-bond acceptors (Lipinski definition) is 5. The Kier molecular flexibility index (Phi) is 5.02. The summed E-state index contributed by atoms with van der Waals surface area (Å²) >= 11 is 1.24. The largest absolute Gasteiger partial charge is 0.312 e. The fourth-order valence-corrected chi connectivity index (χ4v) is 4.95. The fraction of sp³-hybridized carbons (Fsp3) is 0.455. The molecule has 1 N–H and O–H groups in total. The molecule has 2 aromatic rings. The number of thiazole rings is 1. The SMILES string of the molecule is CCc1ccc(N2CC(C(=O)Nc3nc4c(s3)C(=O)CC(C)(C)C4)CC2=O)cc1. The van der Waals surface area contributed by atoms with E-state index >= 15 is 0 Å². The van der Waals surface area contributed by atoms with Crippen LogP contribution in [0, 0.1) is 11.3 Å². The number of nitrogens with one attached hydrogen (secondary N) is 1. The number of aromatic nitrogens is 1. The predicted molar refractivity (Wildman–Crippen MR) is 113 cm³/mol. The van der Waals surface area contributed by atoms with Crippen LogP contribution >= 0.6 is 11.3 Å². The van der Waals surface area contributed by atoms with E-state index < -0.39 is 5.92 Å². The zero-order chi connectivity index (χ0) is 20.8. The standard InChI is InChI=1S/C22H25N3O3S/c1-4-13-5-7-15(8-6-13)25-12-14(9-18(25)27)20(28)24-21-23-16-10-22(2,3)11-17(26)19(16)29-21/h5-8,14H,4,9-12H2,1-3H3,(H,23,24,28). The summed E-state index contributed by atoms with van der Waals surface area (Å²) in [7, 11) is 0. The normalized spacial score (nSPS) is 20.7. The molecule has 4 rings (SSSR count). The number of rotatable bonds is 4. The molecular formula is C22H25N3O3S. The zero-order valence-electron chi connectivity index (χ0n) is 16.9. The number of Topliss-reactive ketones (excluding diaryl/α,β-unsaturated/α-hetero) is 1. The van der Waals surface area contributed by atoms with Gasteiger partial charge in [-0.05, 0) is 36.0 Å². The van der Waals surface area contributed by atoms with E-state index in [2.05, 4.69) is 31.1 Å². The molecule has 7 heteroatoms. The van der Waals surface area contributed by atoms with E-state index in [4.69, 9.17) is 0 Å². The van der Waals surface area contributed by atoms with Gasteiger partial charge in [-0.2, -0.15) is 0 Å². The van der Waals surface area contributed by atoms with Gasteiger partial charge in [-0.15, -0.1) is 0 Å². The van der Waals surface area contributed by atoms with Crippen LogP contribution in [-0.4, -0.2) is 29.1 Å². The minimum Gasteiger partial charge on any atom is -0.312 e. The molecule has 1 aliphatic heterocycles. The minimum atomic E-state index is -0.429. The van der Waals surface area contributed by atoms with Crippen LogP contribution in [0.4, 0.5) is 10.8 Å². The quantitative estimate of drug-likeness (QED) is 0.829. The van der Waals surface area contributed by atoms with Gasteiger partial charge >= 0.3 is 0 Å². The molecule has 1 aliphatic carbocycles. The summed E-state index contributed by atoms with van der Waals surface area (Å²) in [6.07, 6.45) is 2.34. The Labute approximate surface area is 174 Å². The van der Waals surface area contributed by atoms with Crippen LogP contribution < -0.4 is 10.2 Å². The molecule has 2 heterocycles. The molecular weight excluding hydrogens is 386 g/mol. The van der Waals surface area contributed by atoms with Crippen molar-refractivity contribution >= 4 is 39.8 Å². The van der Waals surface area contributed by atoms with Gasteiger partial charge in [-0.3, -0.25) is 14.4 Å². The summed E-state index contributed by atoms with van der Waals surface area (Å²) in [4.78, 5) is 44.4. The Morgan fingerprint density at radius 3 is 2.66 bits per heavy atom. The highest BCUT2D eigenvalue weighted by Gasteiger charge is 2.37.